The Balaban J connectivity index is 0.872. The number of fused-ring (bicyclic) bond motifs is 6. The van der Waals surface area contributed by atoms with Crippen molar-refractivity contribution in [3.8, 4) is 17.2 Å². The summed E-state index contributed by atoms with van der Waals surface area (Å²) in [5, 5.41) is 47.3. The highest BCUT2D eigenvalue weighted by molar-refractivity contribution is 6.31. The highest BCUT2D eigenvalue weighted by Crippen LogP contribution is 2.53. The Kier molecular flexibility index (Phi) is 22.4. The highest BCUT2D eigenvalue weighted by atomic mass is 16.7. The molecule has 5 aliphatic rings. The fourth-order valence-corrected chi connectivity index (χ4v) is 11.7. The molecule has 2 aliphatic carbocycles. The monoisotopic (exact) mass is 1260 g/mol. The third kappa shape index (κ3) is 15.2. The van der Waals surface area contributed by atoms with Crippen LogP contribution in [0, 0.1) is 5.92 Å². The summed E-state index contributed by atoms with van der Waals surface area (Å²) >= 11 is 0. The Morgan fingerprint density at radius 2 is 1.59 bits per heavy atom. The molecular weight excluding hydrogens is 1180 g/mol. The number of carbonyl (C=O) groups is 9. The topological polar surface area (TPSA) is 381 Å². The summed E-state index contributed by atoms with van der Waals surface area (Å²) in [5.41, 5.74) is 1.84. The minimum Gasteiger partial charge on any atom is -0.507 e. The first-order valence-corrected chi connectivity index (χ1v) is 29.8. The molecule has 29 nitrogen and oxygen atoms in total. The van der Waals surface area contributed by atoms with Gasteiger partial charge in [0.05, 0.1) is 49.2 Å². The number of methoxy groups -OCH3 is 2. The van der Waals surface area contributed by atoms with Gasteiger partial charge in [0.25, 0.3) is 0 Å². The lowest BCUT2D eigenvalue weighted by Gasteiger charge is -2.43. The van der Waals surface area contributed by atoms with Crippen molar-refractivity contribution in [2.75, 3.05) is 86.2 Å². The number of urea groups is 1. The molecule has 3 aromatic rings. The van der Waals surface area contributed by atoms with E-state index < -0.39 is 150 Å². The normalized spacial score (nSPS) is 23.1. The molecule has 10 atom stereocenters. The van der Waals surface area contributed by atoms with Crippen molar-refractivity contribution in [3.05, 3.63) is 81.4 Å². The van der Waals surface area contributed by atoms with E-state index in [-0.39, 0.29) is 98.5 Å². The van der Waals surface area contributed by atoms with Crippen LogP contribution in [0.2, 0.25) is 0 Å². The number of hydrogen-bond acceptors (Lipinski definition) is 22. The van der Waals surface area contributed by atoms with Crippen LogP contribution in [0.3, 0.4) is 0 Å². The number of aliphatic hydroxyl groups is 1. The van der Waals surface area contributed by atoms with Crippen LogP contribution in [0.1, 0.15) is 114 Å². The van der Waals surface area contributed by atoms with Crippen LogP contribution < -0.4 is 31.7 Å². The first-order chi connectivity index (χ1) is 42.9. The average Bonchev–Trinajstić information content (AvgIpc) is 0.805. The Bertz CT molecular complexity index is 3180. The number of ether oxygens (including phenoxy) is 9. The van der Waals surface area contributed by atoms with Gasteiger partial charge >= 0.3 is 18.2 Å². The van der Waals surface area contributed by atoms with Gasteiger partial charge in [-0.05, 0) is 56.4 Å². The number of likely N-dealkylation sites (N-methyl/N-ethyl adjacent to an activating group) is 2. The van der Waals surface area contributed by atoms with E-state index >= 15 is 0 Å². The van der Waals surface area contributed by atoms with Crippen molar-refractivity contribution in [1.29, 1.82) is 0 Å². The third-order valence-electron chi connectivity index (χ3n) is 16.5. The number of nitrogens with two attached hydrogens (primary N) is 1. The molecule has 0 radical (unpaired) electrons. The number of phenols is 2. The van der Waals surface area contributed by atoms with Gasteiger partial charge in [0.1, 0.15) is 47.6 Å². The van der Waals surface area contributed by atoms with Crippen LogP contribution in [0.4, 0.5) is 20.1 Å². The smallest absolute Gasteiger partial charge is 0.409 e. The molecule has 90 heavy (non-hydrogen) atoms. The molecule has 29 heteroatoms. The molecule has 3 heterocycles. The largest absolute Gasteiger partial charge is 0.507 e. The number of anilines is 1. The van der Waals surface area contributed by atoms with Gasteiger partial charge in [0, 0.05) is 108 Å². The van der Waals surface area contributed by atoms with Gasteiger partial charge in [-0.25, -0.2) is 14.4 Å². The summed E-state index contributed by atoms with van der Waals surface area (Å²) in [5.74, 6) is -6.03. The van der Waals surface area contributed by atoms with E-state index in [1.165, 1.54) is 51.4 Å². The van der Waals surface area contributed by atoms with Crippen molar-refractivity contribution in [2.24, 2.45) is 11.7 Å². The summed E-state index contributed by atoms with van der Waals surface area (Å²) < 4.78 is 52.1. The Labute approximate surface area is 519 Å². The van der Waals surface area contributed by atoms with E-state index in [0.717, 1.165) is 4.90 Å². The third-order valence-corrected chi connectivity index (χ3v) is 16.5. The molecule has 7 amide bonds. The van der Waals surface area contributed by atoms with Gasteiger partial charge in [-0.2, -0.15) is 0 Å². The number of nitrogens with one attached hydrogen (secondary N) is 4. The van der Waals surface area contributed by atoms with Crippen LogP contribution in [0.5, 0.6) is 17.2 Å². The Hall–Kier alpha value is -8.03. The summed E-state index contributed by atoms with van der Waals surface area (Å²) in [6.45, 7) is 7.27. The van der Waals surface area contributed by atoms with E-state index in [9.17, 15) is 58.5 Å². The number of amides is 7. The van der Waals surface area contributed by atoms with Crippen molar-refractivity contribution in [2.45, 2.75) is 134 Å². The number of carbonyl (C=O) groups excluding carboxylic acids is 9. The fourth-order valence-electron chi connectivity index (χ4n) is 11.7. The highest BCUT2D eigenvalue weighted by Gasteiger charge is 2.55. The predicted octanol–water partition coefficient (Wildman–Crippen LogP) is 2.50. The summed E-state index contributed by atoms with van der Waals surface area (Å²) in [6, 6.07) is 7.56. The van der Waals surface area contributed by atoms with E-state index in [2.05, 4.69) is 26.2 Å². The molecule has 0 bridgehead atoms. The standard InChI is InChI=1S/C61H80N8O21/c1-9-84-24-19-42(71)66-48(31(2)3)55(77)65-37(13-11-20-63-58(62)78)54(76)64-34-17-15-33(16-18-34)29-86-59(79)67(5)21-22-68(6)60(80)87-30-41(70)61(81)27-36-45(52(75)47-46(50(36)73)49(72)35-12-10-14-39(82-7)44(35)51(47)74)40(28-61)89-43-26-38-53(32(4)88-43)90-56-57(83-8)85-25-23-69(38)56/h10,12,14-18,31-32,37-38,40,43,48,53,56-57,73,75,81H,9,11,13,19-30H2,1-8H3,(H,64,76)(H,65,77)(H,66,71)(H3,62,63,78)/t32?,37?,38-,40-,43-,48?,53+,56+,57-,61-/m0/s1. The van der Waals surface area contributed by atoms with E-state index in [1.807, 2.05) is 0 Å². The number of benzene rings is 3. The number of ketones is 3. The second-order valence-corrected chi connectivity index (χ2v) is 23.0. The van der Waals surface area contributed by atoms with Crippen LogP contribution in [0.25, 0.3) is 0 Å². The minimum atomic E-state index is -2.48. The molecule has 3 unspecified atom stereocenters. The number of morpholine rings is 1. The number of Topliss-reactive ketones (excluding diaryl/α,β-unsaturated/α-hetero) is 1. The van der Waals surface area contributed by atoms with Crippen LogP contribution in [-0.4, -0.2) is 219 Å². The second-order valence-electron chi connectivity index (χ2n) is 23.0. The van der Waals surface area contributed by atoms with Gasteiger partial charge in [0.15, 0.2) is 31.2 Å². The SMILES string of the molecule is CCOCCC(=O)NC(C(=O)NC(CCCNC(N)=O)C(=O)Nc1ccc(COC(=O)N(C)CCN(C)C(=O)OCC(=O)[C@]2(O)Cc3c(O)c4c(c(O)c3[C@@H](O[C@H]3C[C@H]5[C@H](O[C@@H]6[C@@H](OC)OCCN65)C(C)O3)C2)C(=O)c2c(OC)cccc2C4=O)cc1)C(C)C. The summed E-state index contributed by atoms with van der Waals surface area (Å²) in [4.78, 5) is 125. The first kappa shape index (κ1) is 67.9. The first-order valence-electron chi connectivity index (χ1n) is 29.8. The molecule has 3 aliphatic heterocycles. The molecule has 3 fully saturated rings. The number of hydrogen-bond donors (Lipinski definition) is 8. The lowest BCUT2D eigenvalue weighted by molar-refractivity contribution is -0.256. The Morgan fingerprint density at radius 3 is 2.26 bits per heavy atom. The molecule has 490 valence electrons. The minimum absolute atomic E-state index is 0.0394. The van der Waals surface area contributed by atoms with Crippen molar-refractivity contribution < 1.29 is 101 Å². The predicted molar refractivity (Wildman–Crippen MR) is 315 cm³/mol. The number of nitrogens with zero attached hydrogens (tertiary/aromatic N) is 3. The zero-order valence-corrected chi connectivity index (χ0v) is 51.5. The van der Waals surface area contributed by atoms with E-state index in [1.54, 1.807) is 52.0 Å². The van der Waals surface area contributed by atoms with Crippen molar-refractivity contribution in [1.82, 2.24) is 30.7 Å². The maximum atomic E-state index is 14.3. The number of primary amides is 1. The maximum absolute atomic E-state index is 14.3. The lowest BCUT2D eigenvalue weighted by Crippen LogP contribution is -2.55. The van der Waals surface area contributed by atoms with Crippen molar-refractivity contribution in [3.63, 3.8) is 0 Å². The zero-order valence-electron chi connectivity index (χ0n) is 51.5. The van der Waals surface area contributed by atoms with Gasteiger partial charge in [-0.15, -0.1) is 0 Å². The lowest BCUT2D eigenvalue weighted by atomic mass is 9.72. The van der Waals surface area contributed by atoms with Gasteiger partial charge in [0.2, 0.25) is 29.3 Å². The summed E-state index contributed by atoms with van der Waals surface area (Å²) in [7, 11) is 5.59. The van der Waals surface area contributed by atoms with Crippen LogP contribution in [-0.2, 0) is 70.1 Å². The van der Waals surface area contributed by atoms with Gasteiger partial charge < -0.3 is 94.8 Å². The number of phenolic OH excluding ortho intramolecular Hbond substituents is 2. The molecular formula is C61H80N8O21. The van der Waals surface area contributed by atoms with Crippen LogP contribution in [0.15, 0.2) is 42.5 Å². The molecule has 0 spiro atoms. The number of aromatic hydroxyl groups is 2. The molecule has 0 aromatic heterocycles. The number of rotatable bonds is 26. The summed E-state index contributed by atoms with van der Waals surface area (Å²) in [6.07, 6.45) is -7.32. The molecule has 9 N–H and O–H groups in total. The van der Waals surface area contributed by atoms with Crippen LogP contribution >= 0.6 is 0 Å². The van der Waals surface area contributed by atoms with Gasteiger partial charge in [-0.1, -0.05) is 38.1 Å². The molecule has 8 rings (SSSR count). The molecule has 3 saturated heterocycles. The fraction of sp³-hybridized carbons (Fsp3) is 0.557. The molecule has 3 aromatic carbocycles. The zero-order chi connectivity index (χ0) is 65.3. The average molecular weight is 1260 g/mol. The molecule has 0 saturated carbocycles. The second kappa shape index (κ2) is 29.7. The maximum Gasteiger partial charge on any atom is 0.409 e. The van der Waals surface area contributed by atoms with E-state index in [4.69, 9.17) is 48.4 Å². The van der Waals surface area contributed by atoms with E-state index in [0.29, 0.717) is 31.0 Å². The van der Waals surface area contributed by atoms with Gasteiger partial charge in [-0.3, -0.25) is 33.7 Å². The quantitative estimate of drug-likeness (QED) is 0.0331. The van der Waals surface area contributed by atoms with Crippen molar-refractivity contribution >= 4 is 59.0 Å². The Morgan fingerprint density at radius 1 is 0.889 bits per heavy atom.